The van der Waals surface area contributed by atoms with Crippen LogP contribution in [-0.4, -0.2) is 36.6 Å². The zero-order chi connectivity index (χ0) is 13.9. The second-order valence-corrected chi connectivity index (χ2v) is 5.74. The van der Waals surface area contributed by atoms with Crippen molar-refractivity contribution in [1.29, 1.82) is 0 Å². The van der Waals surface area contributed by atoms with Gasteiger partial charge >= 0.3 is 0 Å². The molecule has 0 spiro atoms. The smallest absolute Gasteiger partial charge is 0.225 e. The molecule has 1 amide bonds. The van der Waals surface area contributed by atoms with Crippen molar-refractivity contribution < 1.29 is 13.9 Å². The average molecular weight is 277 g/mol. The van der Waals surface area contributed by atoms with E-state index in [1.807, 2.05) is 11.0 Å². The Bertz CT molecular complexity index is 487. The van der Waals surface area contributed by atoms with Gasteiger partial charge in [-0.15, -0.1) is 0 Å². The number of morpholine rings is 1. The lowest BCUT2D eigenvalue weighted by molar-refractivity contribution is -0.145. The fraction of sp³-hybridized carbons (Fsp3) is 0.562. The Kier molecular flexibility index (Phi) is 4.01. The van der Waals surface area contributed by atoms with E-state index in [-0.39, 0.29) is 23.7 Å². The highest BCUT2D eigenvalue weighted by molar-refractivity contribution is 5.79. The molecule has 2 aliphatic rings. The van der Waals surface area contributed by atoms with Crippen LogP contribution < -0.4 is 0 Å². The lowest BCUT2D eigenvalue weighted by Crippen LogP contribution is -2.49. The summed E-state index contributed by atoms with van der Waals surface area (Å²) in [5.74, 6) is 0.299. The van der Waals surface area contributed by atoms with Gasteiger partial charge in [0.15, 0.2) is 0 Å². The van der Waals surface area contributed by atoms with E-state index in [1.54, 1.807) is 6.07 Å². The normalized spacial score (nSPS) is 23.4. The fourth-order valence-corrected chi connectivity index (χ4v) is 2.88. The molecule has 20 heavy (non-hydrogen) atoms. The highest BCUT2D eigenvalue weighted by Gasteiger charge is 2.32. The van der Waals surface area contributed by atoms with Crippen LogP contribution in [-0.2, 0) is 16.0 Å². The van der Waals surface area contributed by atoms with Gasteiger partial charge in [-0.2, -0.15) is 0 Å². The number of halogens is 1. The average Bonchev–Trinajstić information content (AvgIpc) is 2.37. The van der Waals surface area contributed by atoms with Gasteiger partial charge < -0.3 is 9.64 Å². The molecule has 0 unspecified atom stereocenters. The minimum absolute atomic E-state index is 0.0189. The first kappa shape index (κ1) is 13.6. The maximum absolute atomic E-state index is 13.2. The van der Waals surface area contributed by atoms with E-state index in [9.17, 15) is 9.18 Å². The summed E-state index contributed by atoms with van der Waals surface area (Å²) in [6.45, 7) is 1.90. The molecule has 1 heterocycles. The Morgan fingerprint density at radius 3 is 2.95 bits per heavy atom. The summed E-state index contributed by atoms with van der Waals surface area (Å²) >= 11 is 0. The summed E-state index contributed by atoms with van der Waals surface area (Å²) in [7, 11) is 0. The Morgan fingerprint density at radius 1 is 1.40 bits per heavy atom. The number of hydrogen-bond donors (Lipinski definition) is 0. The van der Waals surface area contributed by atoms with E-state index in [0.29, 0.717) is 26.1 Å². The Balaban J connectivity index is 1.58. The third-order valence-electron chi connectivity index (χ3n) is 4.26. The van der Waals surface area contributed by atoms with Crippen molar-refractivity contribution in [2.45, 2.75) is 31.8 Å². The monoisotopic (exact) mass is 277 g/mol. The molecule has 108 valence electrons. The molecule has 3 nitrogen and oxygen atoms in total. The lowest BCUT2D eigenvalue weighted by atomic mass is 9.84. The number of rotatable bonds is 3. The van der Waals surface area contributed by atoms with E-state index >= 15 is 0 Å². The van der Waals surface area contributed by atoms with Crippen LogP contribution in [0.15, 0.2) is 24.3 Å². The van der Waals surface area contributed by atoms with Gasteiger partial charge in [0.2, 0.25) is 5.91 Å². The minimum atomic E-state index is -0.222. The molecule has 0 bridgehead atoms. The third kappa shape index (κ3) is 3.01. The molecule has 1 aliphatic heterocycles. The summed E-state index contributed by atoms with van der Waals surface area (Å²) in [5, 5.41) is 0. The van der Waals surface area contributed by atoms with Gasteiger partial charge in [-0.05, 0) is 30.5 Å². The standard InChI is InChI=1S/C16H20FNO2/c17-14-6-1-3-12(9-14)10-15-11-18(7-8-20-15)16(19)13-4-2-5-13/h1,3,6,9,13,15H,2,4-5,7-8,10-11H2/t15-/m0/s1. The number of amides is 1. The van der Waals surface area contributed by atoms with E-state index in [2.05, 4.69) is 0 Å². The van der Waals surface area contributed by atoms with Gasteiger partial charge in [0.05, 0.1) is 12.7 Å². The maximum Gasteiger partial charge on any atom is 0.225 e. The minimum Gasteiger partial charge on any atom is -0.374 e. The molecular formula is C16H20FNO2. The van der Waals surface area contributed by atoms with Crippen LogP contribution in [0.2, 0.25) is 0 Å². The summed E-state index contributed by atoms with van der Waals surface area (Å²) < 4.78 is 18.9. The molecule has 1 atom stereocenters. The molecule has 0 aromatic heterocycles. The first-order valence-electron chi connectivity index (χ1n) is 7.37. The van der Waals surface area contributed by atoms with Crippen LogP contribution in [0.3, 0.4) is 0 Å². The number of benzene rings is 1. The highest BCUT2D eigenvalue weighted by Crippen LogP contribution is 2.29. The zero-order valence-electron chi connectivity index (χ0n) is 11.6. The Labute approximate surface area is 118 Å². The molecule has 1 aliphatic carbocycles. The maximum atomic E-state index is 13.2. The van der Waals surface area contributed by atoms with Crippen molar-refractivity contribution >= 4 is 5.91 Å². The van der Waals surface area contributed by atoms with Crippen molar-refractivity contribution in [3.05, 3.63) is 35.6 Å². The molecule has 0 N–H and O–H groups in total. The number of carbonyl (C=O) groups is 1. The third-order valence-corrected chi connectivity index (χ3v) is 4.26. The molecule has 1 aromatic carbocycles. The molecule has 0 radical (unpaired) electrons. The molecule has 4 heteroatoms. The molecule has 2 fully saturated rings. The summed E-state index contributed by atoms with van der Waals surface area (Å²) in [6.07, 6.45) is 3.88. The van der Waals surface area contributed by atoms with Gasteiger partial charge in [-0.1, -0.05) is 18.6 Å². The van der Waals surface area contributed by atoms with Gasteiger partial charge in [-0.25, -0.2) is 4.39 Å². The number of carbonyl (C=O) groups excluding carboxylic acids is 1. The van der Waals surface area contributed by atoms with Crippen LogP contribution >= 0.6 is 0 Å². The van der Waals surface area contributed by atoms with Crippen molar-refractivity contribution in [3.63, 3.8) is 0 Å². The zero-order valence-corrected chi connectivity index (χ0v) is 11.6. The van der Waals surface area contributed by atoms with Gasteiger partial charge in [-0.3, -0.25) is 4.79 Å². The second kappa shape index (κ2) is 5.92. The summed E-state index contributed by atoms with van der Waals surface area (Å²) in [4.78, 5) is 14.2. The molecule has 3 rings (SSSR count). The topological polar surface area (TPSA) is 29.5 Å². The van der Waals surface area contributed by atoms with E-state index in [0.717, 1.165) is 18.4 Å². The summed E-state index contributed by atoms with van der Waals surface area (Å²) in [5.41, 5.74) is 0.924. The van der Waals surface area contributed by atoms with Crippen molar-refractivity contribution in [1.82, 2.24) is 4.90 Å². The van der Waals surface area contributed by atoms with E-state index in [1.165, 1.54) is 18.6 Å². The van der Waals surface area contributed by atoms with Crippen LogP contribution in [0.25, 0.3) is 0 Å². The molecule has 1 saturated heterocycles. The first-order valence-corrected chi connectivity index (χ1v) is 7.37. The Hall–Kier alpha value is -1.42. The summed E-state index contributed by atoms with van der Waals surface area (Å²) in [6, 6.07) is 6.59. The quantitative estimate of drug-likeness (QED) is 0.849. The van der Waals surface area contributed by atoms with Crippen LogP contribution in [0, 0.1) is 11.7 Å². The van der Waals surface area contributed by atoms with Crippen LogP contribution in [0.4, 0.5) is 4.39 Å². The fourth-order valence-electron chi connectivity index (χ4n) is 2.88. The van der Waals surface area contributed by atoms with Crippen molar-refractivity contribution in [2.75, 3.05) is 19.7 Å². The molecule has 1 saturated carbocycles. The van der Waals surface area contributed by atoms with Gasteiger partial charge in [0, 0.05) is 25.4 Å². The van der Waals surface area contributed by atoms with Crippen LogP contribution in [0.5, 0.6) is 0 Å². The van der Waals surface area contributed by atoms with Gasteiger partial charge in [0.1, 0.15) is 5.82 Å². The predicted molar refractivity (Wildman–Crippen MR) is 73.8 cm³/mol. The largest absolute Gasteiger partial charge is 0.374 e. The Morgan fingerprint density at radius 2 is 2.25 bits per heavy atom. The van der Waals surface area contributed by atoms with Crippen LogP contribution in [0.1, 0.15) is 24.8 Å². The SMILES string of the molecule is O=C(C1CCC1)N1CCO[C@@H](Cc2cccc(F)c2)C1. The van der Waals surface area contributed by atoms with E-state index < -0.39 is 0 Å². The predicted octanol–water partition coefficient (Wildman–Crippen LogP) is 2.40. The number of nitrogens with zero attached hydrogens (tertiary/aromatic N) is 1. The number of hydrogen-bond acceptors (Lipinski definition) is 2. The highest BCUT2D eigenvalue weighted by atomic mass is 19.1. The van der Waals surface area contributed by atoms with Crippen molar-refractivity contribution in [2.24, 2.45) is 5.92 Å². The lowest BCUT2D eigenvalue weighted by Gasteiger charge is -2.37. The van der Waals surface area contributed by atoms with E-state index in [4.69, 9.17) is 4.74 Å². The number of ether oxygens (including phenoxy) is 1. The first-order chi connectivity index (χ1) is 9.72. The van der Waals surface area contributed by atoms with Crippen molar-refractivity contribution in [3.8, 4) is 0 Å². The molecular weight excluding hydrogens is 257 g/mol. The van der Waals surface area contributed by atoms with Gasteiger partial charge in [0.25, 0.3) is 0 Å². The second-order valence-electron chi connectivity index (χ2n) is 5.74. The molecule has 1 aromatic rings.